The quantitative estimate of drug-likeness (QED) is 0.698. The number of esters is 1. The number of para-hydroxylation sites is 1. The number of ether oxygens (including phenoxy) is 1. The lowest BCUT2D eigenvalue weighted by molar-refractivity contribution is 0.0527. The number of carbonyl (C=O) groups is 1. The highest BCUT2D eigenvalue weighted by atomic mass is 16.5. The normalized spacial score (nSPS) is 12.4. The van der Waals surface area contributed by atoms with Crippen LogP contribution in [0.2, 0.25) is 0 Å². The summed E-state index contributed by atoms with van der Waals surface area (Å²) in [6, 6.07) is 11.9. The van der Waals surface area contributed by atoms with Gasteiger partial charge in [-0.15, -0.1) is 0 Å². The molecule has 1 aliphatic rings. The van der Waals surface area contributed by atoms with Gasteiger partial charge in [-0.25, -0.2) is 10.6 Å². The molecule has 3 rings (SSSR count). The Labute approximate surface area is 136 Å². The van der Waals surface area contributed by atoms with E-state index in [1.165, 1.54) is 0 Å². The first-order chi connectivity index (χ1) is 11.0. The molecule has 5 nitrogen and oxygen atoms in total. The van der Waals surface area contributed by atoms with Crippen molar-refractivity contribution in [2.75, 3.05) is 30.6 Å². The van der Waals surface area contributed by atoms with Gasteiger partial charge in [0.05, 0.1) is 23.5 Å². The van der Waals surface area contributed by atoms with Crippen molar-refractivity contribution >= 4 is 23.0 Å². The van der Waals surface area contributed by atoms with E-state index in [9.17, 15) is 4.79 Å². The largest absolute Gasteiger partial charge is 0.462 e. The molecule has 0 spiro atoms. The zero-order chi connectivity index (χ0) is 16.6. The Morgan fingerprint density at radius 3 is 2.70 bits per heavy atom. The van der Waals surface area contributed by atoms with Crippen LogP contribution in [-0.2, 0) is 11.2 Å². The molecule has 0 aromatic heterocycles. The van der Waals surface area contributed by atoms with Gasteiger partial charge in [-0.05, 0) is 36.2 Å². The van der Waals surface area contributed by atoms with Crippen molar-refractivity contribution in [3.05, 3.63) is 53.1 Å². The fraction of sp³-hybridized carbons (Fsp3) is 0.278. The van der Waals surface area contributed by atoms with Crippen LogP contribution in [0.1, 0.15) is 28.4 Å². The SMILES string of the molecule is CCOC(=O)c1cc(N(C)C)cc2c1N(N)c1ccccc1C2. The minimum atomic E-state index is -0.345. The molecule has 2 aromatic rings. The average molecular weight is 311 g/mol. The second-order valence-corrected chi connectivity index (χ2v) is 5.79. The molecule has 1 heterocycles. The number of nitrogens with zero attached hydrogens (tertiary/aromatic N) is 2. The third-order valence-electron chi connectivity index (χ3n) is 4.06. The monoisotopic (exact) mass is 311 g/mol. The van der Waals surface area contributed by atoms with Crippen LogP contribution in [0.4, 0.5) is 17.1 Å². The minimum absolute atomic E-state index is 0.334. The molecule has 120 valence electrons. The van der Waals surface area contributed by atoms with E-state index in [1.807, 2.05) is 43.3 Å². The zero-order valence-corrected chi connectivity index (χ0v) is 13.7. The molecule has 0 saturated carbocycles. The first-order valence-electron chi connectivity index (χ1n) is 7.67. The summed E-state index contributed by atoms with van der Waals surface area (Å²) in [4.78, 5) is 14.4. The molecule has 23 heavy (non-hydrogen) atoms. The number of fused-ring (bicyclic) bond motifs is 2. The average Bonchev–Trinajstić information content (AvgIpc) is 2.54. The van der Waals surface area contributed by atoms with E-state index in [2.05, 4.69) is 12.1 Å². The van der Waals surface area contributed by atoms with Crippen LogP contribution in [0, 0.1) is 0 Å². The van der Waals surface area contributed by atoms with Gasteiger partial charge in [-0.1, -0.05) is 18.2 Å². The van der Waals surface area contributed by atoms with Crippen LogP contribution in [0.25, 0.3) is 0 Å². The number of rotatable bonds is 3. The number of nitrogens with two attached hydrogens (primary N) is 1. The number of carbonyl (C=O) groups excluding carboxylic acids is 1. The first-order valence-corrected chi connectivity index (χ1v) is 7.67. The topological polar surface area (TPSA) is 58.8 Å². The summed E-state index contributed by atoms with van der Waals surface area (Å²) < 4.78 is 5.23. The maximum atomic E-state index is 12.4. The summed E-state index contributed by atoms with van der Waals surface area (Å²) in [5.74, 6) is 5.99. The molecule has 0 atom stereocenters. The van der Waals surface area contributed by atoms with Crippen LogP contribution in [0.3, 0.4) is 0 Å². The van der Waals surface area contributed by atoms with Crippen LogP contribution in [0.15, 0.2) is 36.4 Å². The van der Waals surface area contributed by atoms with Gasteiger partial charge in [-0.3, -0.25) is 5.01 Å². The first kappa shape index (κ1) is 15.4. The molecule has 2 N–H and O–H groups in total. The van der Waals surface area contributed by atoms with E-state index in [4.69, 9.17) is 10.6 Å². The van der Waals surface area contributed by atoms with Crippen LogP contribution in [-0.4, -0.2) is 26.7 Å². The predicted octanol–water partition coefficient (Wildman–Crippen LogP) is 2.85. The second kappa shape index (κ2) is 5.93. The van der Waals surface area contributed by atoms with Crippen molar-refractivity contribution in [1.82, 2.24) is 0 Å². The highest BCUT2D eigenvalue weighted by Gasteiger charge is 2.27. The van der Waals surface area contributed by atoms with E-state index in [-0.39, 0.29) is 5.97 Å². The Hall–Kier alpha value is -2.53. The molecular formula is C18H21N3O2. The van der Waals surface area contributed by atoms with E-state index in [0.29, 0.717) is 12.2 Å². The van der Waals surface area contributed by atoms with Crippen molar-refractivity contribution in [2.45, 2.75) is 13.3 Å². The van der Waals surface area contributed by atoms with Gasteiger partial charge >= 0.3 is 5.97 Å². The molecule has 0 fully saturated rings. The molecule has 0 radical (unpaired) electrons. The lowest BCUT2D eigenvalue weighted by Gasteiger charge is -2.32. The molecule has 5 heteroatoms. The van der Waals surface area contributed by atoms with Gasteiger partial charge in [-0.2, -0.15) is 0 Å². The van der Waals surface area contributed by atoms with E-state index in [1.54, 1.807) is 11.9 Å². The van der Waals surface area contributed by atoms with Crippen molar-refractivity contribution in [3.8, 4) is 0 Å². The Morgan fingerprint density at radius 1 is 1.26 bits per heavy atom. The Kier molecular flexibility index (Phi) is 3.96. The maximum Gasteiger partial charge on any atom is 0.340 e. The second-order valence-electron chi connectivity index (χ2n) is 5.79. The highest BCUT2D eigenvalue weighted by Crippen LogP contribution is 2.40. The standard InChI is InChI=1S/C18H21N3O2/c1-4-23-18(22)15-11-14(20(2)3)10-13-9-12-7-5-6-8-16(12)21(19)17(13)15/h5-8,10-11H,4,9,19H2,1-3H3. The van der Waals surface area contributed by atoms with Crippen LogP contribution < -0.4 is 15.8 Å². The maximum absolute atomic E-state index is 12.4. The van der Waals surface area contributed by atoms with Gasteiger partial charge in [0, 0.05) is 26.2 Å². The van der Waals surface area contributed by atoms with Gasteiger partial charge in [0.25, 0.3) is 0 Å². The molecule has 0 saturated heterocycles. The van der Waals surface area contributed by atoms with Gasteiger partial charge in [0.2, 0.25) is 0 Å². The Bertz CT molecular complexity index is 756. The van der Waals surface area contributed by atoms with Gasteiger partial charge < -0.3 is 9.64 Å². The summed E-state index contributed by atoms with van der Waals surface area (Å²) in [6.45, 7) is 2.14. The molecule has 0 aliphatic carbocycles. The lowest BCUT2D eigenvalue weighted by atomic mass is 9.93. The van der Waals surface area contributed by atoms with E-state index < -0.39 is 0 Å². The number of anilines is 3. The Morgan fingerprint density at radius 2 is 2.00 bits per heavy atom. The summed E-state index contributed by atoms with van der Waals surface area (Å²) in [5.41, 5.74) is 5.29. The lowest BCUT2D eigenvalue weighted by Crippen LogP contribution is -2.32. The molecule has 0 bridgehead atoms. The fourth-order valence-corrected chi connectivity index (χ4v) is 2.94. The molecule has 1 aliphatic heterocycles. The Balaban J connectivity index is 2.19. The van der Waals surface area contributed by atoms with Gasteiger partial charge in [0.15, 0.2) is 0 Å². The van der Waals surface area contributed by atoms with E-state index >= 15 is 0 Å². The molecular weight excluding hydrogens is 290 g/mol. The highest BCUT2D eigenvalue weighted by molar-refractivity contribution is 6.00. The zero-order valence-electron chi connectivity index (χ0n) is 13.7. The minimum Gasteiger partial charge on any atom is -0.462 e. The van der Waals surface area contributed by atoms with Crippen molar-refractivity contribution in [3.63, 3.8) is 0 Å². The third-order valence-corrected chi connectivity index (χ3v) is 4.06. The molecule has 0 amide bonds. The van der Waals surface area contributed by atoms with E-state index in [0.717, 1.165) is 34.6 Å². The summed E-state index contributed by atoms with van der Waals surface area (Å²) >= 11 is 0. The summed E-state index contributed by atoms with van der Waals surface area (Å²) in [5, 5.41) is 1.60. The van der Waals surface area contributed by atoms with Crippen molar-refractivity contribution in [1.29, 1.82) is 0 Å². The van der Waals surface area contributed by atoms with Crippen LogP contribution in [0.5, 0.6) is 0 Å². The number of benzene rings is 2. The summed E-state index contributed by atoms with van der Waals surface area (Å²) in [6.07, 6.45) is 0.743. The number of hydrazine groups is 1. The van der Waals surface area contributed by atoms with Crippen molar-refractivity contribution < 1.29 is 9.53 Å². The number of hydrogen-bond acceptors (Lipinski definition) is 5. The van der Waals surface area contributed by atoms with Crippen LogP contribution >= 0.6 is 0 Å². The predicted molar refractivity (Wildman–Crippen MR) is 92.3 cm³/mol. The number of hydrogen-bond donors (Lipinski definition) is 1. The smallest absolute Gasteiger partial charge is 0.340 e. The fourth-order valence-electron chi connectivity index (χ4n) is 2.94. The molecule has 2 aromatic carbocycles. The molecule has 0 unspecified atom stereocenters. The van der Waals surface area contributed by atoms with Gasteiger partial charge in [0.1, 0.15) is 0 Å². The van der Waals surface area contributed by atoms with Crippen molar-refractivity contribution in [2.24, 2.45) is 5.84 Å². The third kappa shape index (κ3) is 2.64. The summed E-state index contributed by atoms with van der Waals surface area (Å²) in [7, 11) is 3.90.